The Labute approximate surface area is 134 Å². The van der Waals surface area contributed by atoms with Crippen LogP contribution < -0.4 is 11.5 Å². The van der Waals surface area contributed by atoms with Gasteiger partial charge in [0.1, 0.15) is 0 Å². The summed E-state index contributed by atoms with van der Waals surface area (Å²) in [5.41, 5.74) is 16.1. The molecule has 0 radical (unpaired) electrons. The molecular weight excluding hydrogens is 268 g/mol. The monoisotopic (exact) mass is 296 g/mol. The largest absolute Gasteiger partial charge is 0.399 e. The average molecular weight is 296 g/mol. The fourth-order valence-electron chi connectivity index (χ4n) is 3.22. The predicted octanol–water partition coefficient (Wildman–Crippen LogP) is 5.20. The van der Waals surface area contributed by atoms with Crippen LogP contribution in [-0.2, 0) is 0 Å². The van der Waals surface area contributed by atoms with Crippen LogP contribution in [0, 0.1) is 5.92 Å². The summed E-state index contributed by atoms with van der Waals surface area (Å²) in [6.07, 6.45) is 4.96. The molecule has 118 valence electrons. The smallest absolute Gasteiger partial charge is 0.0314 e. The first-order valence-corrected chi connectivity index (χ1v) is 8.36. The van der Waals surface area contributed by atoms with Crippen LogP contribution in [0.25, 0.3) is 0 Å². The van der Waals surface area contributed by atoms with E-state index in [-0.39, 0.29) is 0 Å². The molecule has 22 heavy (non-hydrogen) atoms. The van der Waals surface area contributed by atoms with E-state index >= 15 is 0 Å². The zero-order chi connectivity index (χ0) is 15.9. The van der Waals surface area contributed by atoms with Crippen molar-refractivity contribution in [2.45, 2.75) is 45.4 Å². The van der Waals surface area contributed by atoms with Crippen molar-refractivity contribution < 1.29 is 0 Å². The van der Waals surface area contributed by atoms with Crippen LogP contribution in [0.5, 0.6) is 0 Å². The number of hydrogen-bond acceptors (Lipinski definition) is 2. The number of unbranched alkanes of at least 4 members (excludes halogenated alkanes) is 1. The van der Waals surface area contributed by atoms with E-state index < -0.39 is 0 Å². The number of rotatable bonds is 7. The molecule has 0 saturated carbocycles. The van der Waals surface area contributed by atoms with Crippen molar-refractivity contribution in [1.82, 2.24) is 0 Å². The van der Waals surface area contributed by atoms with Gasteiger partial charge < -0.3 is 11.5 Å². The van der Waals surface area contributed by atoms with Gasteiger partial charge in [0.25, 0.3) is 0 Å². The van der Waals surface area contributed by atoms with Gasteiger partial charge in [-0.2, -0.15) is 0 Å². The van der Waals surface area contributed by atoms with Crippen LogP contribution >= 0.6 is 0 Å². The quantitative estimate of drug-likeness (QED) is 0.690. The molecule has 0 aliphatic heterocycles. The lowest BCUT2D eigenvalue weighted by Crippen LogP contribution is -2.14. The summed E-state index contributed by atoms with van der Waals surface area (Å²) in [6.45, 7) is 4.55. The van der Waals surface area contributed by atoms with Gasteiger partial charge in [0.2, 0.25) is 0 Å². The van der Waals surface area contributed by atoms with Crippen LogP contribution in [0.2, 0.25) is 0 Å². The minimum Gasteiger partial charge on any atom is -0.399 e. The van der Waals surface area contributed by atoms with Crippen molar-refractivity contribution in [1.29, 1.82) is 0 Å². The highest BCUT2D eigenvalue weighted by Gasteiger charge is 2.23. The van der Waals surface area contributed by atoms with E-state index in [2.05, 4.69) is 38.1 Å². The SMILES string of the molecule is CCCCC(CC)C(c1ccc(N)cc1)c1ccc(N)cc1. The van der Waals surface area contributed by atoms with Crippen LogP contribution in [0.4, 0.5) is 11.4 Å². The van der Waals surface area contributed by atoms with Gasteiger partial charge in [-0.05, 0) is 47.7 Å². The minimum absolute atomic E-state index is 0.415. The van der Waals surface area contributed by atoms with Gasteiger partial charge in [-0.15, -0.1) is 0 Å². The van der Waals surface area contributed by atoms with Gasteiger partial charge >= 0.3 is 0 Å². The topological polar surface area (TPSA) is 52.0 Å². The Morgan fingerprint density at radius 3 is 1.59 bits per heavy atom. The zero-order valence-corrected chi connectivity index (χ0v) is 13.8. The predicted molar refractivity (Wildman–Crippen MR) is 96.9 cm³/mol. The molecule has 1 unspecified atom stereocenters. The molecule has 2 aromatic rings. The second kappa shape index (κ2) is 7.88. The van der Waals surface area contributed by atoms with E-state index in [1.165, 1.54) is 36.8 Å². The van der Waals surface area contributed by atoms with Crippen molar-refractivity contribution in [3.63, 3.8) is 0 Å². The highest BCUT2D eigenvalue weighted by atomic mass is 14.5. The fraction of sp³-hybridized carbons (Fsp3) is 0.400. The number of nitrogens with two attached hydrogens (primary N) is 2. The molecule has 0 saturated heterocycles. The summed E-state index contributed by atoms with van der Waals surface area (Å²) < 4.78 is 0. The fourth-order valence-corrected chi connectivity index (χ4v) is 3.22. The number of nitrogen functional groups attached to an aromatic ring is 2. The third kappa shape index (κ3) is 4.03. The summed E-state index contributed by atoms with van der Waals surface area (Å²) in [5, 5.41) is 0. The Bertz CT molecular complexity index is 512. The summed E-state index contributed by atoms with van der Waals surface area (Å²) in [7, 11) is 0. The van der Waals surface area contributed by atoms with E-state index in [0.29, 0.717) is 11.8 Å². The van der Waals surface area contributed by atoms with Crippen molar-refractivity contribution in [3.8, 4) is 0 Å². The first-order valence-electron chi connectivity index (χ1n) is 8.36. The molecule has 2 aromatic carbocycles. The lowest BCUT2D eigenvalue weighted by atomic mass is 9.77. The highest BCUT2D eigenvalue weighted by molar-refractivity contribution is 5.46. The van der Waals surface area contributed by atoms with Crippen LogP contribution in [0.3, 0.4) is 0 Å². The second-order valence-electron chi connectivity index (χ2n) is 6.12. The normalized spacial score (nSPS) is 12.5. The Kier molecular flexibility index (Phi) is 5.88. The van der Waals surface area contributed by atoms with Crippen LogP contribution in [0.15, 0.2) is 48.5 Å². The van der Waals surface area contributed by atoms with Gasteiger partial charge in [-0.3, -0.25) is 0 Å². The van der Waals surface area contributed by atoms with Crippen molar-refractivity contribution >= 4 is 11.4 Å². The molecule has 0 spiro atoms. The van der Waals surface area contributed by atoms with Crippen LogP contribution in [-0.4, -0.2) is 0 Å². The molecule has 0 aliphatic rings. The zero-order valence-electron chi connectivity index (χ0n) is 13.8. The Morgan fingerprint density at radius 2 is 1.23 bits per heavy atom. The Hall–Kier alpha value is -1.96. The molecule has 2 rings (SSSR count). The van der Waals surface area contributed by atoms with E-state index in [1.807, 2.05) is 24.3 Å². The third-order valence-corrected chi connectivity index (χ3v) is 4.52. The first kappa shape index (κ1) is 16.4. The second-order valence-corrected chi connectivity index (χ2v) is 6.12. The van der Waals surface area contributed by atoms with Gasteiger partial charge in [-0.25, -0.2) is 0 Å². The summed E-state index contributed by atoms with van der Waals surface area (Å²) in [4.78, 5) is 0. The molecule has 0 fully saturated rings. The minimum atomic E-state index is 0.415. The van der Waals surface area contributed by atoms with E-state index in [4.69, 9.17) is 11.5 Å². The average Bonchev–Trinajstić information content (AvgIpc) is 2.54. The molecule has 0 aliphatic carbocycles. The summed E-state index contributed by atoms with van der Waals surface area (Å²) in [6, 6.07) is 16.7. The summed E-state index contributed by atoms with van der Waals surface area (Å²) in [5.74, 6) is 1.06. The molecule has 0 heterocycles. The molecule has 4 N–H and O–H groups in total. The highest BCUT2D eigenvalue weighted by Crippen LogP contribution is 2.37. The molecular formula is C20H28N2. The summed E-state index contributed by atoms with van der Waals surface area (Å²) >= 11 is 0. The van der Waals surface area contributed by atoms with Crippen molar-refractivity contribution in [3.05, 3.63) is 59.7 Å². The maximum Gasteiger partial charge on any atom is 0.0314 e. The lowest BCUT2D eigenvalue weighted by Gasteiger charge is -2.27. The number of benzene rings is 2. The van der Waals surface area contributed by atoms with Crippen LogP contribution in [0.1, 0.15) is 56.6 Å². The lowest BCUT2D eigenvalue weighted by molar-refractivity contribution is 0.406. The van der Waals surface area contributed by atoms with Gasteiger partial charge in [-0.1, -0.05) is 57.4 Å². The Balaban J connectivity index is 2.38. The third-order valence-electron chi connectivity index (χ3n) is 4.52. The maximum absolute atomic E-state index is 5.86. The Morgan fingerprint density at radius 1 is 0.773 bits per heavy atom. The van der Waals surface area contributed by atoms with Gasteiger partial charge in [0.15, 0.2) is 0 Å². The maximum atomic E-state index is 5.86. The standard InChI is InChI=1S/C20H28N2/c1-3-5-6-15(4-2)20(16-7-11-18(21)12-8-16)17-9-13-19(22)14-10-17/h7-15,20H,3-6,21-22H2,1-2H3. The van der Waals surface area contributed by atoms with Gasteiger partial charge in [0.05, 0.1) is 0 Å². The van der Waals surface area contributed by atoms with E-state index in [0.717, 1.165) is 11.4 Å². The van der Waals surface area contributed by atoms with E-state index in [9.17, 15) is 0 Å². The van der Waals surface area contributed by atoms with Crippen molar-refractivity contribution in [2.24, 2.45) is 5.92 Å². The first-order chi connectivity index (χ1) is 10.7. The molecule has 0 amide bonds. The molecule has 0 bridgehead atoms. The molecule has 2 heteroatoms. The molecule has 0 aromatic heterocycles. The van der Waals surface area contributed by atoms with E-state index in [1.54, 1.807) is 0 Å². The van der Waals surface area contributed by atoms with Crippen molar-refractivity contribution in [2.75, 3.05) is 11.5 Å². The number of hydrogen-bond donors (Lipinski definition) is 2. The molecule has 1 atom stereocenters. The van der Waals surface area contributed by atoms with Gasteiger partial charge in [0, 0.05) is 17.3 Å². The molecule has 2 nitrogen and oxygen atoms in total. The number of anilines is 2.